The summed E-state index contributed by atoms with van der Waals surface area (Å²) in [6, 6.07) is 37.2. The van der Waals surface area contributed by atoms with Crippen molar-refractivity contribution < 1.29 is 23.5 Å². The Bertz CT molecular complexity index is 2570. The molecule has 3 fully saturated rings. The molecule has 11 heteroatoms. The van der Waals surface area contributed by atoms with Crippen molar-refractivity contribution in [3.8, 4) is 28.8 Å². The van der Waals surface area contributed by atoms with Crippen LogP contribution in [-0.2, 0) is 29.6 Å². The maximum Gasteiger partial charge on any atom is 0.495 e. The molecule has 0 radical (unpaired) electrons. The number of ether oxygens (including phenoxy) is 3. The van der Waals surface area contributed by atoms with Gasteiger partial charge in [-0.05, 0) is 133 Å². The zero-order valence-corrected chi connectivity index (χ0v) is 40.4. The minimum absolute atomic E-state index is 0.121. The predicted molar refractivity (Wildman–Crippen MR) is 266 cm³/mol. The first-order valence-corrected chi connectivity index (χ1v) is 24.2. The van der Waals surface area contributed by atoms with Gasteiger partial charge in [-0.15, -0.1) is 0 Å². The van der Waals surface area contributed by atoms with E-state index in [0.29, 0.717) is 25.0 Å². The summed E-state index contributed by atoms with van der Waals surface area (Å²) in [4.78, 5) is 10.2. The van der Waals surface area contributed by atoms with E-state index in [1.807, 2.05) is 60.3 Å². The third kappa shape index (κ3) is 9.85. The molecule has 66 heavy (non-hydrogen) atoms. The van der Waals surface area contributed by atoms with E-state index < -0.39 is 0 Å². The predicted octanol–water partition coefficient (Wildman–Crippen LogP) is 10.7. The van der Waals surface area contributed by atoms with Crippen molar-refractivity contribution in [2.75, 3.05) is 31.1 Å². The molecule has 0 amide bonds. The highest BCUT2D eigenvalue weighted by Crippen LogP contribution is 2.41. The lowest BCUT2D eigenvalue weighted by atomic mass is 9.76. The molecule has 0 unspecified atom stereocenters. The first-order chi connectivity index (χ1) is 31.7. The Hall–Kier alpha value is -5.36. The third-order valence-electron chi connectivity index (χ3n) is 14.9. The van der Waals surface area contributed by atoms with Gasteiger partial charge in [-0.1, -0.05) is 84.9 Å². The molecule has 0 atom stereocenters. The van der Waals surface area contributed by atoms with Crippen LogP contribution >= 0.6 is 0 Å². The molecular weight excluding hydrogens is 821 g/mol. The van der Waals surface area contributed by atoms with E-state index in [-0.39, 0.29) is 30.0 Å². The van der Waals surface area contributed by atoms with Crippen molar-refractivity contribution in [1.29, 1.82) is 0 Å². The Morgan fingerprint density at radius 2 is 1.36 bits per heavy atom. The molecule has 1 aliphatic carbocycles. The summed E-state index contributed by atoms with van der Waals surface area (Å²) < 4.78 is 34.1. The number of anilines is 1. The molecule has 2 aliphatic heterocycles. The van der Waals surface area contributed by atoms with Gasteiger partial charge >= 0.3 is 7.12 Å². The molecule has 1 saturated carbocycles. The Labute approximate surface area is 392 Å². The van der Waals surface area contributed by atoms with Gasteiger partial charge in [0.2, 0.25) is 11.8 Å². The molecule has 3 aliphatic rings. The monoisotopic (exact) mass is 890 g/mol. The average Bonchev–Trinajstić information content (AvgIpc) is 3.78. The topological polar surface area (TPSA) is 83.3 Å². The van der Waals surface area contributed by atoms with E-state index in [1.54, 1.807) is 0 Å². The van der Waals surface area contributed by atoms with Crippen molar-refractivity contribution in [1.82, 2.24) is 19.7 Å². The molecule has 2 aromatic heterocycles. The van der Waals surface area contributed by atoms with E-state index in [1.165, 1.54) is 31.4 Å². The van der Waals surface area contributed by atoms with Crippen LogP contribution < -0.4 is 24.6 Å². The van der Waals surface area contributed by atoms with Crippen LogP contribution in [0.25, 0.3) is 22.2 Å². The van der Waals surface area contributed by atoms with Gasteiger partial charge in [0.1, 0.15) is 24.7 Å². The fourth-order valence-electron chi connectivity index (χ4n) is 9.99. The van der Waals surface area contributed by atoms with Crippen molar-refractivity contribution in [3.05, 3.63) is 126 Å². The quantitative estimate of drug-likeness (QED) is 0.0936. The van der Waals surface area contributed by atoms with Crippen molar-refractivity contribution in [2.45, 2.75) is 123 Å². The van der Waals surface area contributed by atoms with Crippen LogP contribution in [0.2, 0.25) is 0 Å². The van der Waals surface area contributed by atoms with E-state index in [0.717, 1.165) is 95.0 Å². The molecule has 0 spiro atoms. The first-order valence-electron chi connectivity index (χ1n) is 24.2. The van der Waals surface area contributed by atoms with Crippen LogP contribution in [0.1, 0.15) is 96.8 Å². The van der Waals surface area contributed by atoms with Gasteiger partial charge in [0.15, 0.2) is 0 Å². The van der Waals surface area contributed by atoms with Crippen LogP contribution in [0, 0.1) is 12.8 Å². The van der Waals surface area contributed by atoms with Crippen molar-refractivity contribution >= 4 is 29.2 Å². The van der Waals surface area contributed by atoms with Crippen LogP contribution in [0.15, 0.2) is 109 Å². The molecule has 10 nitrogen and oxygen atoms in total. The van der Waals surface area contributed by atoms with Crippen LogP contribution in [0.3, 0.4) is 0 Å². The number of aryl methyl sites for hydroxylation is 1. The fourth-order valence-corrected chi connectivity index (χ4v) is 9.99. The number of benzene rings is 4. The summed E-state index contributed by atoms with van der Waals surface area (Å²) in [6.45, 7) is 20.2. The fraction of sp³-hybridized carbons (Fsp3) is 0.455. The molecule has 6 aromatic rings. The minimum atomic E-state index is -0.385. The van der Waals surface area contributed by atoms with Crippen molar-refractivity contribution in [3.63, 3.8) is 0 Å². The maximum absolute atomic E-state index is 6.70. The van der Waals surface area contributed by atoms with Gasteiger partial charge in [0.05, 0.1) is 34.1 Å². The van der Waals surface area contributed by atoms with E-state index in [2.05, 4.69) is 119 Å². The Morgan fingerprint density at radius 3 is 2.03 bits per heavy atom. The van der Waals surface area contributed by atoms with Gasteiger partial charge in [0, 0.05) is 50.2 Å². The molecule has 4 heterocycles. The number of aromatic nitrogens is 3. The molecule has 0 N–H and O–H groups in total. The Morgan fingerprint density at radius 1 is 0.727 bits per heavy atom. The number of nitrogens with zero attached hydrogens (tertiary/aromatic N) is 5. The second kappa shape index (κ2) is 19.1. The molecule has 0 bridgehead atoms. The molecule has 9 rings (SSSR count). The standard InChI is InChI=1S/C55H68BN5O5/c1-39-46(56-65-54(4,5)55(6,7)66-56)22-16-24-48(39)64-43-27-25-40(26-28-43)31-32-53(2,3)61-35-33-60(34-36-61)47-23-15-21-44-50(58-59(8)51(44)47)45-29-30-49(62-37-41-17-11-9-12-18-41)57-52(45)63-38-42-19-13-10-14-20-42/h9-24,29-30,40,43H,25-28,31-38H2,1-8H3. The average molecular weight is 890 g/mol. The zero-order chi connectivity index (χ0) is 46.1. The highest BCUT2D eigenvalue weighted by molar-refractivity contribution is 6.62. The van der Waals surface area contributed by atoms with Crippen molar-refractivity contribution in [2.24, 2.45) is 13.0 Å². The van der Waals surface area contributed by atoms with Gasteiger partial charge in [-0.25, -0.2) is 0 Å². The second-order valence-electron chi connectivity index (χ2n) is 20.3. The largest absolute Gasteiger partial charge is 0.495 e. The second-order valence-corrected chi connectivity index (χ2v) is 20.3. The summed E-state index contributed by atoms with van der Waals surface area (Å²) in [6.07, 6.45) is 7.30. The third-order valence-corrected chi connectivity index (χ3v) is 14.9. The number of para-hydroxylation sites is 1. The highest BCUT2D eigenvalue weighted by atomic mass is 16.7. The van der Waals surface area contributed by atoms with Crippen LogP contribution in [0.4, 0.5) is 5.69 Å². The van der Waals surface area contributed by atoms with Gasteiger partial charge in [0.25, 0.3) is 0 Å². The lowest BCUT2D eigenvalue weighted by Gasteiger charge is -2.45. The van der Waals surface area contributed by atoms with Gasteiger partial charge < -0.3 is 28.4 Å². The number of piperazine rings is 1. The van der Waals surface area contributed by atoms with E-state index in [9.17, 15) is 0 Å². The van der Waals surface area contributed by atoms with Gasteiger partial charge in [-0.2, -0.15) is 10.1 Å². The van der Waals surface area contributed by atoms with Crippen LogP contribution in [0.5, 0.6) is 17.5 Å². The lowest BCUT2D eigenvalue weighted by molar-refractivity contribution is 0.00578. The molecule has 346 valence electrons. The first kappa shape index (κ1) is 45.8. The number of hydrogen-bond acceptors (Lipinski definition) is 9. The van der Waals surface area contributed by atoms with E-state index in [4.69, 9.17) is 33.6 Å². The molecular formula is C55H68BN5O5. The lowest BCUT2D eigenvalue weighted by Crippen LogP contribution is -2.54. The minimum Gasteiger partial charge on any atom is -0.490 e. The number of fused-ring (bicyclic) bond motifs is 1. The Kier molecular flexibility index (Phi) is 13.2. The van der Waals surface area contributed by atoms with Gasteiger partial charge in [-0.3, -0.25) is 9.58 Å². The maximum atomic E-state index is 6.70. The SMILES string of the molecule is Cc1c(OC2CCC(CCC(C)(C)N3CCN(c4cccc5c(-c6ccc(OCc7ccccc7)nc6OCc6ccccc6)nn(C)c45)CC3)CC2)cccc1B1OC(C)(C)C(C)(C)O1. The summed E-state index contributed by atoms with van der Waals surface area (Å²) in [7, 11) is 1.66. The Balaban J connectivity index is 0.810. The molecule has 4 aromatic carbocycles. The smallest absolute Gasteiger partial charge is 0.490 e. The summed E-state index contributed by atoms with van der Waals surface area (Å²) in [5.41, 5.74) is 7.72. The summed E-state index contributed by atoms with van der Waals surface area (Å²) >= 11 is 0. The number of rotatable bonds is 15. The summed E-state index contributed by atoms with van der Waals surface area (Å²) in [5, 5.41) is 6.21. The molecule has 2 saturated heterocycles. The number of hydrogen-bond donors (Lipinski definition) is 0. The van der Waals surface area contributed by atoms with Crippen LogP contribution in [-0.4, -0.2) is 75.8 Å². The zero-order valence-electron chi connectivity index (χ0n) is 40.4. The van der Waals surface area contributed by atoms with E-state index >= 15 is 0 Å². The highest BCUT2D eigenvalue weighted by Gasteiger charge is 2.52. The number of pyridine rings is 1. The summed E-state index contributed by atoms with van der Waals surface area (Å²) in [5.74, 6) is 2.70. The normalized spacial score (nSPS) is 19.9.